The van der Waals surface area contributed by atoms with Crippen molar-refractivity contribution in [3.05, 3.63) is 69.7 Å². The van der Waals surface area contributed by atoms with Gasteiger partial charge in [-0.2, -0.15) is 5.26 Å². The molecule has 0 bridgehead atoms. The number of amides is 2. The number of aryl methyl sites for hydroxylation is 1. The number of ether oxygens (including phenoxy) is 1. The molecule has 10 heteroatoms. The van der Waals surface area contributed by atoms with Crippen LogP contribution in [0.4, 0.5) is 0 Å². The van der Waals surface area contributed by atoms with E-state index in [1.165, 1.54) is 0 Å². The molecule has 0 aliphatic heterocycles. The quantitative estimate of drug-likeness (QED) is 0.405. The van der Waals surface area contributed by atoms with E-state index in [-0.39, 0.29) is 35.8 Å². The van der Waals surface area contributed by atoms with Crippen LogP contribution in [0.1, 0.15) is 34.5 Å². The van der Waals surface area contributed by atoms with Crippen LogP contribution in [0.15, 0.2) is 47.1 Å². The highest BCUT2D eigenvalue weighted by Crippen LogP contribution is 2.27. The molecule has 2 aromatic heterocycles. The van der Waals surface area contributed by atoms with E-state index in [1.807, 2.05) is 6.07 Å². The zero-order valence-electron chi connectivity index (χ0n) is 16.4. The fraction of sp³-hybridized carbons (Fsp3) is 0.190. The van der Waals surface area contributed by atoms with Gasteiger partial charge in [-0.05, 0) is 43.7 Å². The minimum Gasteiger partial charge on any atom is -0.492 e. The lowest BCUT2D eigenvalue weighted by Gasteiger charge is -2.09. The molecule has 31 heavy (non-hydrogen) atoms. The molecule has 160 valence electrons. The third-order valence-corrected chi connectivity index (χ3v) is 4.79. The summed E-state index contributed by atoms with van der Waals surface area (Å²) >= 11 is 11.8. The zero-order chi connectivity index (χ0) is 22.4. The Morgan fingerprint density at radius 2 is 1.97 bits per heavy atom. The topological polar surface area (TPSA) is 109 Å². The number of aromatic nitrogens is 1. The molecule has 8 nitrogen and oxygen atoms in total. The summed E-state index contributed by atoms with van der Waals surface area (Å²) in [5, 5.41) is 10.4. The average Bonchev–Trinajstić information content (AvgIpc) is 3.38. The average molecular weight is 461 g/mol. The number of hydrogen-bond acceptors (Lipinski definition) is 5. The second-order valence-corrected chi connectivity index (χ2v) is 7.29. The largest absolute Gasteiger partial charge is 0.492 e. The van der Waals surface area contributed by atoms with Gasteiger partial charge in [0.15, 0.2) is 0 Å². The molecule has 0 fully saturated rings. The van der Waals surface area contributed by atoms with Crippen LogP contribution in [0, 0.1) is 18.3 Å². The van der Waals surface area contributed by atoms with Gasteiger partial charge in [0.1, 0.15) is 28.7 Å². The molecular weight excluding hydrogens is 443 g/mol. The van der Waals surface area contributed by atoms with Crippen molar-refractivity contribution in [1.29, 1.82) is 5.26 Å². The number of nitrogens with one attached hydrogen (secondary N) is 2. The lowest BCUT2D eigenvalue weighted by atomic mass is 10.1. The first-order chi connectivity index (χ1) is 14.9. The van der Waals surface area contributed by atoms with Crippen molar-refractivity contribution in [2.75, 3.05) is 6.61 Å². The van der Waals surface area contributed by atoms with Crippen molar-refractivity contribution in [1.82, 2.24) is 15.4 Å². The van der Waals surface area contributed by atoms with Crippen molar-refractivity contribution >= 4 is 35.0 Å². The van der Waals surface area contributed by atoms with Crippen LogP contribution in [0.3, 0.4) is 0 Å². The standard InChI is InChI=1S/C21H18Cl2N4O4/c1-13-19(15(12-24)21(31-13)27-8-2-3-9-27)20(29)26-25-18(28)5-4-10-30-17-7-6-14(22)11-16(17)23/h2-3,6-9,11H,4-5,10H2,1H3,(H,25,28)(H,26,29). The number of nitrogens with zero attached hydrogens (tertiary/aromatic N) is 2. The second kappa shape index (κ2) is 10.1. The summed E-state index contributed by atoms with van der Waals surface area (Å²) in [4.78, 5) is 24.5. The van der Waals surface area contributed by atoms with Gasteiger partial charge < -0.3 is 9.15 Å². The van der Waals surface area contributed by atoms with E-state index in [4.69, 9.17) is 32.4 Å². The Hall–Kier alpha value is -3.41. The monoisotopic (exact) mass is 460 g/mol. The lowest BCUT2D eigenvalue weighted by Crippen LogP contribution is -2.42. The molecule has 0 saturated carbocycles. The van der Waals surface area contributed by atoms with Crippen LogP contribution < -0.4 is 15.6 Å². The summed E-state index contributed by atoms with van der Waals surface area (Å²) in [6, 6.07) is 10.4. The second-order valence-electron chi connectivity index (χ2n) is 6.44. The van der Waals surface area contributed by atoms with Crippen molar-refractivity contribution in [2.45, 2.75) is 19.8 Å². The van der Waals surface area contributed by atoms with Gasteiger partial charge in [-0.15, -0.1) is 0 Å². The summed E-state index contributed by atoms with van der Waals surface area (Å²) < 4.78 is 12.7. The van der Waals surface area contributed by atoms with E-state index in [0.717, 1.165) is 0 Å². The van der Waals surface area contributed by atoms with Gasteiger partial charge in [-0.3, -0.25) is 25.0 Å². The van der Waals surface area contributed by atoms with Crippen molar-refractivity contribution in [2.24, 2.45) is 0 Å². The predicted molar refractivity (Wildman–Crippen MR) is 114 cm³/mol. The highest BCUT2D eigenvalue weighted by molar-refractivity contribution is 6.35. The minimum atomic E-state index is -0.645. The first kappa shape index (κ1) is 22.3. The molecule has 0 aliphatic rings. The Morgan fingerprint density at radius 3 is 2.65 bits per heavy atom. The van der Waals surface area contributed by atoms with Crippen LogP contribution in [0.25, 0.3) is 5.88 Å². The lowest BCUT2D eigenvalue weighted by molar-refractivity contribution is -0.122. The number of hydrazine groups is 1. The van der Waals surface area contributed by atoms with Crippen molar-refractivity contribution < 1.29 is 18.7 Å². The maximum absolute atomic E-state index is 12.5. The summed E-state index contributed by atoms with van der Waals surface area (Å²) in [7, 11) is 0. The summed E-state index contributed by atoms with van der Waals surface area (Å²) in [6.07, 6.45) is 3.89. The zero-order valence-corrected chi connectivity index (χ0v) is 18.0. The number of halogens is 2. The fourth-order valence-electron chi connectivity index (χ4n) is 2.82. The first-order valence-corrected chi connectivity index (χ1v) is 10.00. The van der Waals surface area contributed by atoms with Gasteiger partial charge in [0.05, 0.1) is 11.6 Å². The van der Waals surface area contributed by atoms with E-state index < -0.39 is 11.8 Å². The number of furan rings is 1. The third kappa shape index (κ3) is 5.40. The molecule has 2 N–H and O–H groups in total. The molecule has 0 saturated heterocycles. The predicted octanol–water partition coefficient (Wildman–Crippen LogP) is 4.18. The summed E-state index contributed by atoms with van der Waals surface area (Å²) in [5.74, 6) is -0.0874. The van der Waals surface area contributed by atoms with E-state index in [9.17, 15) is 14.9 Å². The molecule has 2 amide bonds. The highest BCUT2D eigenvalue weighted by Gasteiger charge is 2.24. The van der Waals surface area contributed by atoms with Crippen LogP contribution in [-0.2, 0) is 4.79 Å². The van der Waals surface area contributed by atoms with Crippen LogP contribution in [-0.4, -0.2) is 23.0 Å². The van der Waals surface area contributed by atoms with Gasteiger partial charge in [0.25, 0.3) is 5.91 Å². The van der Waals surface area contributed by atoms with Gasteiger partial charge in [-0.25, -0.2) is 0 Å². The number of carbonyl (C=O) groups excluding carboxylic acids is 2. The van der Waals surface area contributed by atoms with Crippen molar-refractivity contribution in [3.8, 4) is 17.7 Å². The molecule has 3 rings (SSSR count). The van der Waals surface area contributed by atoms with Gasteiger partial charge in [0.2, 0.25) is 11.8 Å². The number of hydrogen-bond donors (Lipinski definition) is 2. The molecule has 0 unspecified atom stereocenters. The van der Waals surface area contributed by atoms with E-state index in [2.05, 4.69) is 10.9 Å². The summed E-state index contributed by atoms with van der Waals surface area (Å²) in [6.45, 7) is 1.83. The van der Waals surface area contributed by atoms with Crippen molar-refractivity contribution in [3.63, 3.8) is 0 Å². The summed E-state index contributed by atoms with van der Waals surface area (Å²) in [5.41, 5.74) is 4.78. The van der Waals surface area contributed by atoms with Crippen LogP contribution in [0.2, 0.25) is 10.0 Å². The Labute approximate surface area is 188 Å². The molecule has 0 atom stereocenters. The Balaban J connectivity index is 1.50. The Bertz CT molecular complexity index is 1130. The van der Waals surface area contributed by atoms with E-state index >= 15 is 0 Å². The van der Waals surface area contributed by atoms with Gasteiger partial charge in [-0.1, -0.05) is 23.2 Å². The Kier molecular flexibility index (Phi) is 7.23. The molecule has 1 aromatic carbocycles. The number of nitriles is 1. The molecular formula is C21H18Cl2N4O4. The Morgan fingerprint density at radius 1 is 1.23 bits per heavy atom. The molecule has 0 spiro atoms. The molecule has 2 heterocycles. The number of benzene rings is 1. The maximum atomic E-state index is 12.5. The molecule has 0 aliphatic carbocycles. The smallest absolute Gasteiger partial charge is 0.274 e. The number of carbonyl (C=O) groups is 2. The van der Waals surface area contributed by atoms with E-state index in [1.54, 1.807) is 54.2 Å². The van der Waals surface area contributed by atoms with Gasteiger partial charge in [0, 0.05) is 23.8 Å². The molecule has 0 radical (unpaired) electrons. The third-order valence-electron chi connectivity index (χ3n) is 4.26. The van der Waals surface area contributed by atoms with E-state index in [0.29, 0.717) is 22.2 Å². The van der Waals surface area contributed by atoms with Crippen LogP contribution >= 0.6 is 23.2 Å². The fourth-order valence-corrected chi connectivity index (χ4v) is 3.28. The normalized spacial score (nSPS) is 10.4. The highest BCUT2D eigenvalue weighted by atomic mass is 35.5. The first-order valence-electron chi connectivity index (χ1n) is 9.24. The van der Waals surface area contributed by atoms with Crippen LogP contribution in [0.5, 0.6) is 5.75 Å². The molecule has 3 aromatic rings. The maximum Gasteiger partial charge on any atom is 0.274 e. The SMILES string of the molecule is Cc1oc(-n2cccc2)c(C#N)c1C(=O)NNC(=O)CCCOc1ccc(Cl)cc1Cl. The van der Waals surface area contributed by atoms with Gasteiger partial charge >= 0.3 is 0 Å². The minimum absolute atomic E-state index is 0.0622. The number of rotatable bonds is 7.